The van der Waals surface area contributed by atoms with Crippen molar-refractivity contribution in [2.24, 2.45) is 0 Å². The Labute approximate surface area is 103 Å². The molecule has 0 saturated heterocycles. The molecule has 0 saturated carbocycles. The summed E-state index contributed by atoms with van der Waals surface area (Å²) in [6.45, 7) is 6.90. The summed E-state index contributed by atoms with van der Waals surface area (Å²) in [5.41, 5.74) is 0.322. The van der Waals surface area contributed by atoms with Crippen LogP contribution in [0.5, 0.6) is 0 Å². The van der Waals surface area contributed by atoms with E-state index in [1.807, 2.05) is 0 Å². The lowest BCUT2D eigenvalue weighted by atomic mass is 9.80. The van der Waals surface area contributed by atoms with Crippen molar-refractivity contribution >= 4 is 0 Å². The number of rotatable bonds is 9. The topological polar surface area (TPSA) is 15.3 Å². The van der Waals surface area contributed by atoms with Crippen molar-refractivity contribution in [1.82, 2.24) is 10.2 Å². The van der Waals surface area contributed by atoms with Gasteiger partial charge in [-0.2, -0.15) is 0 Å². The Hall–Kier alpha value is -0.0800. The van der Waals surface area contributed by atoms with Gasteiger partial charge in [0, 0.05) is 11.6 Å². The summed E-state index contributed by atoms with van der Waals surface area (Å²) >= 11 is 0. The van der Waals surface area contributed by atoms with Crippen LogP contribution in [0.1, 0.15) is 59.3 Å². The second kappa shape index (κ2) is 8.08. The smallest absolute Gasteiger partial charge is 0.0351 e. The second-order valence-corrected chi connectivity index (χ2v) is 5.04. The van der Waals surface area contributed by atoms with Crippen molar-refractivity contribution in [1.29, 1.82) is 0 Å². The molecule has 0 aromatic heterocycles. The van der Waals surface area contributed by atoms with Gasteiger partial charge in [-0.15, -0.1) is 0 Å². The number of likely N-dealkylation sites (N-methyl/N-ethyl adjacent to an activating group) is 2. The SMILES string of the molecule is CCCCCC(NC)C(CC)(CC)N(C)C. The summed E-state index contributed by atoms with van der Waals surface area (Å²) in [5.74, 6) is 0. The van der Waals surface area contributed by atoms with Crippen molar-refractivity contribution in [2.45, 2.75) is 70.9 Å². The van der Waals surface area contributed by atoms with Crippen LogP contribution in [0.15, 0.2) is 0 Å². The number of nitrogens with one attached hydrogen (secondary N) is 1. The van der Waals surface area contributed by atoms with Gasteiger partial charge in [-0.1, -0.05) is 40.0 Å². The average molecular weight is 228 g/mol. The molecule has 0 aliphatic carbocycles. The maximum Gasteiger partial charge on any atom is 0.0351 e. The van der Waals surface area contributed by atoms with E-state index in [-0.39, 0.29) is 0 Å². The van der Waals surface area contributed by atoms with Crippen molar-refractivity contribution in [3.8, 4) is 0 Å². The van der Waals surface area contributed by atoms with E-state index in [1.165, 1.54) is 38.5 Å². The normalized spacial score (nSPS) is 14.4. The molecular formula is C14H32N2. The largest absolute Gasteiger partial charge is 0.315 e. The van der Waals surface area contributed by atoms with Crippen LogP contribution in [0.25, 0.3) is 0 Å². The summed E-state index contributed by atoms with van der Waals surface area (Å²) in [5, 5.41) is 3.54. The van der Waals surface area contributed by atoms with Gasteiger partial charge < -0.3 is 10.2 Å². The van der Waals surface area contributed by atoms with Crippen LogP contribution in [0, 0.1) is 0 Å². The predicted molar refractivity (Wildman–Crippen MR) is 74.0 cm³/mol. The minimum atomic E-state index is 0.322. The zero-order valence-corrected chi connectivity index (χ0v) is 12.3. The summed E-state index contributed by atoms with van der Waals surface area (Å²) in [7, 11) is 6.55. The quantitative estimate of drug-likeness (QED) is 0.609. The highest BCUT2D eigenvalue weighted by atomic mass is 15.2. The van der Waals surface area contributed by atoms with E-state index in [0.717, 1.165) is 0 Å². The minimum absolute atomic E-state index is 0.322. The third kappa shape index (κ3) is 3.74. The summed E-state index contributed by atoms with van der Waals surface area (Å²) < 4.78 is 0. The Balaban J connectivity index is 4.57. The van der Waals surface area contributed by atoms with Gasteiger partial charge in [0.2, 0.25) is 0 Å². The van der Waals surface area contributed by atoms with Crippen LogP contribution in [0.2, 0.25) is 0 Å². The fraction of sp³-hybridized carbons (Fsp3) is 1.00. The lowest BCUT2D eigenvalue weighted by Crippen LogP contribution is -2.57. The Bertz CT molecular complexity index is 162. The van der Waals surface area contributed by atoms with Crippen LogP contribution in [-0.4, -0.2) is 37.6 Å². The molecule has 0 aromatic rings. The Morgan fingerprint density at radius 3 is 1.94 bits per heavy atom. The van der Waals surface area contributed by atoms with Crippen LogP contribution < -0.4 is 5.32 Å². The molecular weight excluding hydrogens is 196 g/mol. The Morgan fingerprint density at radius 1 is 1.06 bits per heavy atom. The molecule has 1 atom stereocenters. The molecule has 16 heavy (non-hydrogen) atoms. The highest BCUT2D eigenvalue weighted by Gasteiger charge is 2.36. The zero-order chi connectivity index (χ0) is 12.6. The van der Waals surface area contributed by atoms with Gasteiger partial charge in [0.25, 0.3) is 0 Å². The highest BCUT2D eigenvalue weighted by Crippen LogP contribution is 2.28. The molecule has 0 spiro atoms. The van der Waals surface area contributed by atoms with E-state index < -0.39 is 0 Å². The van der Waals surface area contributed by atoms with E-state index in [0.29, 0.717) is 11.6 Å². The van der Waals surface area contributed by atoms with Gasteiger partial charge in [0.15, 0.2) is 0 Å². The Kier molecular flexibility index (Phi) is 8.04. The lowest BCUT2D eigenvalue weighted by Gasteiger charge is -2.45. The van der Waals surface area contributed by atoms with Crippen LogP contribution >= 0.6 is 0 Å². The van der Waals surface area contributed by atoms with Crippen LogP contribution in [0.3, 0.4) is 0 Å². The second-order valence-electron chi connectivity index (χ2n) is 5.04. The van der Waals surface area contributed by atoms with Gasteiger partial charge in [0.1, 0.15) is 0 Å². The molecule has 2 heteroatoms. The van der Waals surface area contributed by atoms with Gasteiger partial charge in [-0.05, 0) is 40.4 Å². The summed E-state index contributed by atoms with van der Waals surface area (Å²) in [6.07, 6.45) is 7.74. The monoisotopic (exact) mass is 228 g/mol. The summed E-state index contributed by atoms with van der Waals surface area (Å²) in [4.78, 5) is 2.42. The first-order valence-electron chi connectivity index (χ1n) is 6.93. The zero-order valence-electron chi connectivity index (χ0n) is 12.3. The van der Waals surface area contributed by atoms with E-state index in [1.54, 1.807) is 0 Å². The molecule has 1 N–H and O–H groups in total. The number of hydrogen-bond acceptors (Lipinski definition) is 2. The van der Waals surface area contributed by atoms with Crippen LogP contribution in [0.4, 0.5) is 0 Å². The number of nitrogens with zero attached hydrogens (tertiary/aromatic N) is 1. The van der Waals surface area contributed by atoms with E-state index in [4.69, 9.17) is 0 Å². The van der Waals surface area contributed by atoms with Crippen LogP contribution in [-0.2, 0) is 0 Å². The molecule has 0 aliphatic heterocycles. The van der Waals surface area contributed by atoms with Crippen molar-refractivity contribution in [3.05, 3.63) is 0 Å². The van der Waals surface area contributed by atoms with Gasteiger partial charge in [-0.3, -0.25) is 0 Å². The van der Waals surface area contributed by atoms with Crippen molar-refractivity contribution in [2.75, 3.05) is 21.1 Å². The first kappa shape index (κ1) is 15.9. The predicted octanol–water partition coefficient (Wildman–Crippen LogP) is 3.28. The van der Waals surface area contributed by atoms with Crippen molar-refractivity contribution < 1.29 is 0 Å². The Morgan fingerprint density at radius 2 is 1.62 bits per heavy atom. The lowest BCUT2D eigenvalue weighted by molar-refractivity contribution is 0.0865. The molecule has 2 nitrogen and oxygen atoms in total. The molecule has 0 fully saturated rings. The highest BCUT2D eigenvalue weighted by molar-refractivity contribution is 4.96. The van der Waals surface area contributed by atoms with Gasteiger partial charge >= 0.3 is 0 Å². The maximum absolute atomic E-state index is 3.54. The average Bonchev–Trinajstić information content (AvgIpc) is 2.28. The molecule has 0 rings (SSSR count). The third-order valence-corrected chi connectivity index (χ3v) is 4.21. The number of unbranched alkanes of at least 4 members (excludes halogenated alkanes) is 2. The third-order valence-electron chi connectivity index (χ3n) is 4.21. The maximum atomic E-state index is 3.54. The van der Waals surface area contributed by atoms with Crippen molar-refractivity contribution in [3.63, 3.8) is 0 Å². The standard InChI is InChI=1S/C14H32N2/c1-7-10-11-12-13(15-4)14(8-2,9-3)16(5)6/h13,15H,7-12H2,1-6H3. The molecule has 0 radical (unpaired) electrons. The molecule has 0 aromatic carbocycles. The molecule has 1 unspecified atom stereocenters. The van der Waals surface area contributed by atoms with Gasteiger partial charge in [0.05, 0.1) is 0 Å². The molecule has 98 valence electrons. The van der Waals surface area contributed by atoms with E-state index >= 15 is 0 Å². The molecule has 0 amide bonds. The molecule has 0 bridgehead atoms. The fourth-order valence-electron chi connectivity index (χ4n) is 2.97. The van der Waals surface area contributed by atoms with E-state index in [9.17, 15) is 0 Å². The first-order chi connectivity index (χ1) is 7.58. The summed E-state index contributed by atoms with van der Waals surface area (Å²) in [6, 6.07) is 0.615. The van der Waals surface area contributed by atoms with Gasteiger partial charge in [-0.25, -0.2) is 0 Å². The molecule has 0 aliphatic rings. The first-order valence-corrected chi connectivity index (χ1v) is 6.93. The number of hydrogen-bond donors (Lipinski definition) is 1. The molecule has 0 heterocycles. The fourth-order valence-corrected chi connectivity index (χ4v) is 2.97. The minimum Gasteiger partial charge on any atom is -0.315 e. The van der Waals surface area contributed by atoms with E-state index in [2.05, 4.69) is 52.1 Å².